The summed E-state index contributed by atoms with van der Waals surface area (Å²) in [5, 5.41) is 4.71. The fraction of sp³-hybridized carbons (Fsp3) is 0.167. The average molecular weight is 409 g/mol. The van der Waals surface area contributed by atoms with Gasteiger partial charge >= 0.3 is 0 Å². The van der Waals surface area contributed by atoms with Gasteiger partial charge in [-0.1, -0.05) is 18.1 Å². The van der Waals surface area contributed by atoms with Crippen LogP contribution in [0.15, 0.2) is 67.1 Å². The lowest BCUT2D eigenvalue weighted by atomic mass is 10.1. The molecule has 7 heteroatoms. The van der Waals surface area contributed by atoms with E-state index in [0.29, 0.717) is 37.6 Å². The number of pyridine rings is 1. The van der Waals surface area contributed by atoms with Gasteiger partial charge in [0.2, 0.25) is 0 Å². The minimum Gasteiger partial charge on any atom is -0.378 e. The van der Waals surface area contributed by atoms with Crippen molar-refractivity contribution in [3.63, 3.8) is 0 Å². The topological polar surface area (TPSA) is 72.6 Å². The fourth-order valence-corrected chi connectivity index (χ4v) is 3.42. The van der Waals surface area contributed by atoms with Gasteiger partial charge < -0.3 is 9.64 Å². The lowest BCUT2D eigenvalue weighted by Gasteiger charge is -2.26. The second-order valence-corrected chi connectivity index (χ2v) is 7.11. The minimum absolute atomic E-state index is 0.0285. The summed E-state index contributed by atoms with van der Waals surface area (Å²) >= 11 is 0. The molecule has 0 unspecified atom stereocenters. The third-order valence-corrected chi connectivity index (χ3v) is 5.08. The highest BCUT2D eigenvalue weighted by molar-refractivity contribution is 5.94. The number of amides is 1. The number of rotatable bonds is 2. The summed E-state index contributed by atoms with van der Waals surface area (Å²) in [5.41, 5.74) is 4.60. The molecule has 4 heterocycles. The molecule has 0 N–H and O–H groups in total. The van der Waals surface area contributed by atoms with Gasteiger partial charge in [-0.3, -0.25) is 9.78 Å². The normalized spacial score (nSPS) is 13.6. The minimum atomic E-state index is 0.0285. The lowest BCUT2D eigenvalue weighted by molar-refractivity contribution is 0.0303. The van der Waals surface area contributed by atoms with Crippen molar-refractivity contribution in [2.45, 2.75) is 0 Å². The average Bonchev–Trinajstić information content (AvgIpc) is 3.26. The largest absolute Gasteiger partial charge is 0.378 e. The molecule has 1 aromatic carbocycles. The second-order valence-electron chi connectivity index (χ2n) is 7.11. The summed E-state index contributed by atoms with van der Waals surface area (Å²) in [6.45, 7) is 2.43. The lowest BCUT2D eigenvalue weighted by Crippen LogP contribution is -2.40. The molecule has 0 saturated carbocycles. The molecule has 7 nitrogen and oxygen atoms in total. The maximum atomic E-state index is 12.6. The Morgan fingerprint density at radius 1 is 0.968 bits per heavy atom. The molecule has 1 amide bonds. The maximum Gasteiger partial charge on any atom is 0.254 e. The molecule has 0 aliphatic carbocycles. The molecule has 0 radical (unpaired) electrons. The van der Waals surface area contributed by atoms with E-state index >= 15 is 0 Å². The Labute approximate surface area is 179 Å². The van der Waals surface area contributed by atoms with Gasteiger partial charge in [-0.2, -0.15) is 5.10 Å². The summed E-state index contributed by atoms with van der Waals surface area (Å²) in [6, 6.07) is 15.1. The highest BCUT2D eigenvalue weighted by Crippen LogP contribution is 2.19. The Bertz CT molecular complexity index is 1280. The SMILES string of the molecule is O=C(c1ccc(-c2ccc3ncc(C#Cc4cccnc4)n3n2)cc1)N1CCOCC1. The van der Waals surface area contributed by atoms with Crippen LogP contribution in [0.2, 0.25) is 0 Å². The van der Waals surface area contributed by atoms with E-state index in [1.54, 1.807) is 23.1 Å². The summed E-state index contributed by atoms with van der Waals surface area (Å²) in [6.07, 6.45) is 5.14. The number of morpholine rings is 1. The van der Waals surface area contributed by atoms with Crippen LogP contribution in [0.25, 0.3) is 16.9 Å². The van der Waals surface area contributed by atoms with Gasteiger partial charge in [-0.05, 0) is 42.3 Å². The maximum absolute atomic E-state index is 12.6. The van der Waals surface area contributed by atoms with Crippen LogP contribution in [0.5, 0.6) is 0 Å². The Kier molecular flexibility index (Phi) is 5.13. The third kappa shape index (κ3) is 4.02. The van der Waals surface area contributed by atoms with E-state index in [1.807, 2.05) is 53.4 Å². The van der Waals surface area contributed by atoms with Gasteiger partial charge in [0.25, 0.3) is 5.91 Å². The molecule has 0 atom stereocenters. The molecular weight excluding hydrogens is 390 g/mol. The van der Waals surface area contributed by atoms with Crippen molar-refractivity contribution in [1.29, 1.82) is 0 Å². The number of aromatic nitrogens is 4. The highest BCUT2D eigenvalue weighted by atomic mass is 16.5. The summed E-state index contributed by atoms with van der Waals surface area (Å²) < 4.78 is 7.05. The molecule has 152 valence electrons. The smallest absolute Gasteiger partial charge is 0.254 e. The van der Waals surface area contributed by atoms with Gasteiger partial charge in [0.05, 0.1) is 25.1 Å². The fourth-order valence-electron chi connectivity index (χ4n) is 3.42. The molecule has 0 spiro atoms. The molecular formula is C24H19N5O2. The van der Waals surface area contributed by atoms with E-state index in [0.717, 1.165) is 22.5 Å². The molecule has 1 fully saturated rings. The molecule has 4 aromatic rings. The zero-order chi connectivity index (χ0) is 21.0. The number of benzene rings is 1. The first-order valence-electron chi connectivity index (χ1n) is 10.0. The van der Waals surface area contributed by atoms with Gasteiger partial charge in [0.1, 0.15) is 5.69 Å². The van der Waals surface area contributed by atoms with Crippen LogP contribution in [0.4, 0.5) is 0 Å². The molecule has 31 heavy (non-hydrogen) atoms. The van der Waals surface area contributed by atoms with E-state index < -0.39 is 0 Å². The second kappa shape index (κ2) is 8.38. The van der Waals surface area contributed by atoms with E-state index in [4.69, 9.17) is 9.84 Å². The first kappa shape index (κ1) is 19.0. The predicted octanol–water partition coefficient (Wildman–Crippen LogP) is 2.66. The third-order valence-electron chi connectivity index (χ3n) is 5.08. The summed E-state index contributed by atoms with van der Waals surface area (Å²) in [5.74, 6) is 6.22. The highest BCUT2D eigenvalue weighted by Gasteiger charge is 2.18. The van der Waals surface area contributed by atoms with Gasteiger partial charge in [-0.15, -0.1) is 0 Å². The molecule has 3 aromatic heterocycles. The standard InChI is InChI=1S/C24H19N5O2/c30-24(28-12-14-31-15-13-28)20-6-4-19(5-7-20)22-9-10-23-26-17-21(29(23)27-22)8-3-18-2-1-11-25-16-18/h1-2,4-7,9-11,16-17H,12-15H2. The number of carbonyl (C=O) groups excluding carboxylic acids is 1. The molecule has 1 aliphatic heterocycles. The van der Waals surface area contributed by atoms with E-state index in [1.165, 1.54) is 0 Å². The van der Waals surface area contributed by atoms with Crippen LogP contribution in [0, 0.1) is 11.8 Å². The number of ether oxygens (including phenoxy) is 1. The van der Waals surface area contributed by atoms with Gasteiger partial charge in [-0.25, -0.2) is 9.50 Å². The number of nitrogens with zero attached hydrogens (tertiary/aromatic N) is 5. The predicted molar refractivity (Wildman–Crippen MR) is 115 cm³/mol. The van der Waals surface area contributed by atoms with Crippen molar-refractivity contribution >= 4 is 11.6 Å². The van der Waals surface area contributed by atoms with Crippen molar-refractivity contribution in [2.24, 2.45) is 0 Å². The Morgan fingerprint density at radius 3 is 2.58 bits per heavy atom. The van der Waals surface area contributed by atoms with Crippen LogP contribution in [0.1, 0.15) is 21.6 Å². The monoisotopic (exact) mass is 409 g/mol. The zero-order valence-corrected chi connectivity index (χ0v) is 16.7. The van der Waals surface area contributed by atoms with Crippen molar-refractivity contribution in [1.82, 2.24) is 24.5 Å². The van der Waals surface area contributed by atoms with E-state index in [-0.39, 0.29) is 5.91 Å². The summed E-state index contributed by atoms with van der Waals surface area (Å²) in [7, 11) is 0. The van der Waals surface area contributed by atoms with E-state index in [9.17, 15) is 4.79 Å². The van der Waals surface area contributed by atoms with Crippen molar-refractivity contribution in [2.75, 3.05) is 26.3 Å². The number of carbonyl (C=O) groups is 1. The Morgan fingerprint density at radius 2 is 1.81 bits per heavy atom. The number of hydrogen-bond acceptors (Lipinski definition) is 5. The molecule has 1 aliphatic rings. The quantitative estimate of drug-likeness (QED) is 0.476. The number of fused-ring (bicyclic) bond motifs is 1. The van der Waals surface area contributed by atoms with E-state index in [2.05, 4.69) is 21.8 Å². The van der Waals surface area contributed by atoms with Gasteiger partial charge in [0.15, 0.2) is 5.65 Å². The Balaban J connectivity index is 1.41. The molecule has 5 rings (SSSR count). The first-order valence-corrected chi connectivity index (χ1v) is 10.0. The van der Waals surface area contributed by atoms with Crippen LogP contribution < -0.4 is 0 Å². The van der Waals surface area contributed by atoms with Crippen molar-refractivity contribution < 1.29 is 9.53 Å². The first-order chi connectivity index (χ1) is 15.3. The number of hydrogen-bond donors (Lipinski definition) is 0. The zero-order valence-electron chi connectivity index (χ0n) is 16.7. The van der Waals surface area contributed by atoms with Crippen LogP contribution in [-0.2, 0) is 4.74 Å². The summed E-state index contributed by atoms with van der Waals surface area (Å²) in [4.78, 5) is 22.9. The van der Waals surface area contributed by atoms with Crippen molar-refractivity contribution in [3.8, 4) is 23.1 Å². The van der Waals surface area contributed by atoms with Crippen LogP contribution in [0.3, 0.4) is 0 Å². The van der Waals surface area contributed by atoms with Crippen molar-refractivity contribution in [3.05, 3.63) is 83.9 Å². The van der Waals surface area contributed by atoms with Crippen LogP contribution >= 0.6 is 0 Å². The Hall–Kier alpha value is -4.02. The van der Waals surface area contributed by atoms with Crippen LogP contribution in [-0.4, -0.2) is 56.7 Å². The number of imidazole rings is 1. The molecule has 0 bridgehead atoms. The van der Waals surface area contributed by atoms with Gasteiger partial charge in [0, 0.05) is 42.2 Å². The molecule has 1 saturated heterocycles.